The summed E-state index contributed by atoms with van der Waals surface area (Å²) in [5.41, 5.74) is 1.68. The Balaban J connectivity index is 2.33. The molecule has 0 aliphatic rings. The van der Waals surface area contributed by atoms with E-state index in [4.69, 9.17) is 10.4 Å². The predicted octanol–water partition coefficient (Wildman–Crippen LogP) is 1.81. The van der Waals surface area contributed by atoms with Crippen LogP contribution in [0.2, 0.25) is 0 Å². The van der Waals surface area contributed by atoms with Crippen LogP contribution in [0.4, 0.5) is 5.69 Å². The highest BCUT2D eigenvalue weighted by Gasteiger charge is 2.02. The Morgan fingerprint density at radius 2 is 2.11 bits per heavy atom. The van der Waals surface area contributed by atoms with E-state index in [2.05, 4.69) is 11.4 Å². The fraction of sp³-hybridized carbons (Fsp3) is 0.385. The van der Waals surface area contributed by atoms with Crippen molar-refractivity contribution in [2.75, 3.05) is 23.4 Å². The molecule has 0 aliphatic carbocycles. The molecule has 0 saturated heterocycles. The van der Waals surface area contributed by atoms with E-state index in [-0.39, 0.29) is 12.5 Å². The maximum atomic E-state index is 11.5. The van der Waals surface area contributed by atoms with E-state index in [0.29, 0.717) is 18.6 Å². The number of aliphatic hydroxyl groups excluding tert-OH is 1. The van der Waals surface area contributed by atoms with Gasteiger partial charge in [0, 0.05) is 12.3 Å². The molecule has 0 aliphatic heterocycles. The number of nitrogens with one attached hydrogen (secondary N) is 1. The Hall–Kier alpha value is -1.51. The van der Waals surface area contributed by atoms with Crippen molar-refractivity contribution in [3.05, 3.63) is 29.8 Å². The van der Waals surface area contributed by atoms with Gasteiger partial charge in [-0.1, -0.05) is 12.1 Å². The van der Waals surface area contributed by atoms with Crippen LogP contribution in [0.1, 0.15) is 12.0 Å². The van der Waals surface area contributed by atoms with Crippen LogP contribution >= 0.6 is 11.8 Å². The van der Waals surface area contributed by atoms with Crippen molar-refractivity contribution in [3.63, 3.8) is 0 Å². The van der Waals surface area contributed by atoms with E-state index < -0.39 is 0 Å². The van der Waals surface area contributed by atoms with Gasteiger partial charge < -0.3 is 10.4 Å². The van der Waals surface area contributed by atoms with Crippen LogP contribution in [0.25, 0.3) is 0 Å². The molecule has 0 unspecified atom stereocenters. The Labute approximate surface area is 111 Å². The Bertz CT molecular complexity index is 412. The number of carbonyl (C=O) groups is 1. The number of aliphatic hydroxyl groups is 1. The summed E-state index contributed by atoms with van der Waals surface area (Å²) >= 11 is 1.50. The minimum absolute atomic E-state index is 0.0500. The molecule has 0 heterocycles. The summed E-state index contributed by atoms with van der Waals surface area (Å²) < 4.78 is 0. The maximum Gasteiger partial charge on any atom is 0.234 e. The van der Waals surface area contributed by atoms with Crippen molar-refractivity contribution in [1.82, 2.24) is 0 Å². The largest absolute Gasteiger partial charge is 0.396 e. The Kier molecular flexibility index (Phi) is 6.92. The van der Waals surface area contributed by atoms with Crippen molar-refractivity contribution < 1.29 is 9.90 Å². The van der Waals surface area contributed by atoms with Gasteiger partial charge in [-0.05, 0) is 29.9 Å². The minimum atomic E-state index is -0.0500. The number of benzene rings is 1. The van der Waals surface area contributed by atoms with E-state index in [1.54, 1.807) is 12.1 Å². The van der Waals surface area contributed by atoms with Gasteiger partial charge in [0.15, 0.2) is 0 Å². The first-order valence-electron chi connectivity index (χ1n) is 5.70. The standard InChI is InChI=1S/C13H16N2O2S/c14-7-6-11-2-4-12(5-3-11)15-13(17)10-18-9-1-8-16/h2-5,16H,1,6,8-10H2,(H,15,17). The molecule has 0 spiro atoms. The topological polar surface area (TPSA) is 73.1 Å². The molecule has 1 aromatic rings. The lowest BCUT2D eigenvalue weighted by Crippen LogP contribution is -2.14. The van der Waals surface area contributed by atoms with Gasteiger partial charge in [-0.2, -0.15) is 17.0 Å². The summed E-state index contributed by atoms with van der Waals surface area (Å²) in [6, 6.07) is 9.32. The first-order chi connectivity index (χ1) is 8.76. The first-order valence-corrected chi connectivity index (χ1v) is 6.86. The Morgan fingerprint density at radius 3 is 2.72 bits per heavy atom. The lowest BCUT2D eigenvalue weighted by Gasteiger charge is -2.05. The highest BCUT2D eigenvalue weighted by Crippen LogP contribution is 2.11. The molecule has 0 saturated carbocycles. The molecule has 18 heavy (non-hydrogen) atoms. The number of nitriles is 1. The molecule has 1 rings (SSSR count). The second-order valence-electron chi connectivity index (χ2n) is 3.71. The van der Waals surface area contributed by atoms with Crippen molar-refractivity contribution >= 4 is 23.4 Å². The van der Waals surface area contributed by atoms with E-state index in [1.165, 1.54) is 11.8 Å². The van der Waals surface area contributed by atoms with Crippen molar-refractivity contribution in [1.29, 1.82) is 5.26 Å². The van der Waals surface area contributed by atoms with Crippen LogP contribution in [0.3, 0.4) is 0 Å². The third-order valence-electron chi connectivity index (χ3n) is 2.20. The summed E-state index contributed by atoms with van der Waals surface area (Å²) in [4.78, 5) is 11.5. The number of amides is 1. The van der Waals surface area contributed by atoms with Gasteiger partial charge in [0.05, 0.1) is 18.2 Å². The summed E-state index contributed by atoms with van der Waals surface area (Å²) in [5, 5.41) is 19.9. The highest BCUT2D eigenvalue weighted by molar-refractivity contribution is 7.99. The molecule has 0 atom stereocenters. The molecule has 4 nitrogen and oxygen atoms in total. The van der Waals surface area contributed by atoms with Crippen molar-refractivity contribution in [3.8, 4) is 6.07 Å². The molecular formula is C13H16N2O2S. The number of carbonyl (C=O) groups excluding carboxylic acids is 1. The smallest absolute Gasteiger partial charge is 0.234 e. The van der Waals surface area contributed by atoms with Crippen LogP contribution < -0.4 is 5.32 Å². The molecule has 96 valence electrons. The van der Waals surface area contributed by atoms with Gasteiger partial charge in [-0.25, -0.2) is 0 Å². The van der Waals surface area contributed by atoms with E-state index >= 15 is 0 Å². The quantitative estimate of drug-likeness (QED) is 0.737. The zero-order valence-corrected chi connectivity index (χ0v) is 10.9. The fourth-order valence-corrected chi connectivity index (χ4v) is 2.06. The van der Waals surface area contributed by atoms with Crippen LogP contribution in [0.15, 0.2) is 24.3 Å². The second-order valence-corrected chi connectivity index (χ2v) is 4.81. The monoisotopic (exact) mass is 264 g/mol. The summed E-state index contributed by atoms with van der Waals surface area (Å²) in [6.07, 6.45) is 1.09. The number of hydrogen-bond acceptors (Lipinski definition) is 4. The van der Waals surface area contributed by atoms with Crippen molar-refractivity contribution in [2.45, 2.75) is 12.8 Å². The lowest BCUT2D eigenvalue weighted by atomic mass is 10.1. The molecule has 2 N–H and O–H groups in total. The maximum absolute atomic E-state index is 11.5. The van der Waals surface area contributed by atoms with Gasteiger partial charge in [0.2, 0.25) is 5.91 Å². The number of nitrogens with zero attached hydrogens (tertiary/aromatic N) is 1. The summed E-state index contributed by atoms with van der Waals surface area (Å²) in [5.74, 6) is 1.12. The number of thioether (sulfide) groups is 1. The van der Waals surface area contributed by atoms with Gasteiger partial charge in [-0.3, -0.25) is 4.79 Å². The van der Waals surface area contributed by atoms with Gasteiger partial charge in [0.1, 0.15) is 0 Å². The molecule has 1 aromatic carbocycles. The molecule has 0 fully saturated rings. The average molecular weight is 264 g/mol. The first kappa shape index (κ1) is 14.6. The van der Waals surface area contributed by atoms with Crippen molar-refractivity contribution in [2.24, 2.45) is 0 Å². The van der Waals surface area contributed by atoms with E-state index in [0.717, 1.165) is 17.0 Å². The molecule has 0 bridgehead atoms. The molecule has 0 radical (unpaired) electrons. The lowest BCUT2D eigenvalue weighted by molar-refractivity contribution is -0.113. The SMILES string of the molecule is N#CCc1ccc(NC(=O)CSCCCO)cc1. The third kappa shape index (κ3) is 5.71. The summed E-state index contributed by atoms with van der Waals surface area (Å²) in [7, 11) is 0. The normalized spacial score (nSPS) is 9.78. The molecule has 0 aromatic heterocycles. The van der Waals surface area contributed by atoms with Gasteiger partial charge in [-0.15, -0.1) is 0 Å². The van der Waals surface area contributed by atoms with Crippen LogP contribution in [-0.4, -0.2) is 29.1 Å². The second kappa shape index (κ2) is 8.56. The van der Waals surface area contributed by atoms with E-state index in [1.807, 2.05) is 12.1 Å². The highest BCUT2D eigenvalue weighted by atomic mass is 32.2. The van der Waals surface area contributed by atoms with Crippen LogP contribution in [0, 0.1) is 11.3 Å². The Morgan fingerprint density at radius 1 is 1.39 bits per heavy atom. The molecule has 1 amide bonds. The number of anilines is 1. The van der Waals surface area contributed by atoms with Crippen LogP contribution in [-0.2, 0) is 11.2 Å². The molecule has 5 heteroatoms. The average Bonchev–Trinajstić information content (AvgIpc) is 2.37. The zero-order valence-electron chi connectivity index (χ0n) is 10.1. The van der Waals surface area contributed by atoms with Crippen LogP contribution in [0.5, 0.6) is 0 Å². The van der Waals surface area contributed by atoms with Gasteiger partial charge in [0.25, 0.3) is 0 Å². The fourth-order valence-electron chi connectivity index (χ4n) is 1.33. The van der Waals surface area contributed by atoms with E-state index in [9.17, 15) is 4.79 Å². The minimum Gasteiger partial charge on any atom is -0.396 e. The predicted molar refractivity (Wildman–Crippen MR) is 73.4 cm³/mol. The van der Waals surface area contributed by atoms with Gasteiger partial charge >= 0.3 is 0 Å². The molecular weight excluding hydrogens is 248 g/mol. The number of hydrogen-bond donors (Lipinski definition) is 2. The zero-order chi connectivity index (χ0) is 13.2. The number of rotatable bonds is 7. The third-order valence-corrected chi connectivity index (χ3v) is 3.24. The summed E-state index contributed by atoms with van der Waals surface area (Å²) in [6.45, 7) is 0.162.